The van der Waals surface area contributed by atoms with Gasteiger partial charge in [-0.15, -0.1) is 53.6 Å². The van der Waals surface area contributed by atoms with E-state index in [1.807, 2.05) is 43.5 Å². The Hall–Kier alpha value is -6.24. The molecule has 7 heteroatoms. The molecule has 0 aliphatic heterocycles. The number of aryl methyl sites for hydroxylation is 2. The summed E-state index contributed by atoms with van der Waals surface area (Å²) in [5.74, 6) is 1.45. The van der Waals surface area contributed by atoms with Crippen molar-refractivity contribution in [2.75, 3.05) is 0 Å². The van der Waals surface area contributed by atoms with E-state index >= 15 is 0 Å². The van der Waals surface area contributed by atoms with Crippen LogP contribution in [0.4, 0.5) is 0 Å². The molecular weight excluding hydrogens is 1010 g/mol. The maximum atomic E-state index is 6.66. The van der Waals surface area contributed by atoms with Crippen molar-refractivity contribution < 1.29 is 24.5 Å². The average molecular weight is 1070 g/mol. The molecule has 4 heterocycles. The van der Waals surface area contributed by atoms with Crippen molar-refractivity contribution in [1.29, 1.82) is 0 Å². The summed E-state index contributed by atoms with van der Waals surface area (Å²) >= 11 is 0. The summed E-state index contributed by atoms with van der Waals surface area (Å²) in [6, 6.07) is 55.8. The van der Waals surface area contributed by atoms with Crippen LogP contribution in [0.15, 0.2) is 156 Å². The second kappa shape index (κ2) is 19.2. The maximum Gasteiger partial charge on any atom is 0.124 e. The van der Waals surface area contributed by atoms with E-state index in [9.17, 15) is 0 Å². The molecule has 0 aliphatic carbocycles. The van der Waals surface area contributed by atoms with E-state index in [2.05, 4.69) is 203 Å². The van der Waals surface area contributed by atoms with E-state index in [4.69, 9.17) is 9.40 Å². The van der Waals surface area contributed by atoms with Crippen molar-refractivity contribution >= 4 is 46.2 Å². The van der Waals surface area contributed by atoms with Crippen LogP contribution in [0.2, 0.25) is 19.6 Å². The summed E-state index contributed by atoms with van der Waals surface area (Å²) in [4.78, 5) is 14.6. The molecule has 1 radical (unpaired) electrons. The Balaban J connectivity index is 0.000000244. The van der Waals surface area contributed by atoms with Gasteiger partial charge in [-0.05, 0) is 76.5 Å². The van der Waals surface area contributed by atoms with E-state index < -0.39 is 8.07 Å². The molecule has 4 aromatic heterocycles. The van der Waals surface area contributed by atoms with Gasteiger partial charge in [0.25, 0.3) is 0 Å². The molecule has 0 spiro atoms. The van der Waals surface area contributed by atoms with E-state index in [0.29, 0.717) is 5.92 Å². The van der Waals surface area contributed by atoms with Gasteiger partial charge in [0.15, 0.2) is 0 Å². The van der Waals surface area contributed by atoms with Gasteiger partial charge in [-0.3, -0.25) is 9.97 Å². The molecule has 0 bridgehead atoms. The summed E-state index contributed by atoms with van der Waals surface area (Å²) in [7, 11) is -1.34. The minimum Gasteiger partial charge on any atom is -0.500 e. The standard InChI is InChI=1S/C42H34N3O.C18H24NSi.Ir/c1-26-20-21-31(40-38(26)34-25-43-27(2)22-37(34)46-40)41-44-35-18-12-13-19-36(35)45(41)39-32(28-14-8-6-9-15-28)23-30(42(3,4)5)24-33(39)29-16-10-7-11-17-29;1-14(2)11-16-12-17(15-9-7-6-8-10-15)19-13-18(16)20(3,4)5;/h6-20,22-25H,1-5H3;6-9,12-14H,11H2,1-5H3;/q2*-1;. The van der Waals surface area contributed by atoms with E-state index in [-0.39, 0.29) is 25.5 Å². The average Bonchev–Trinajstić information content (AvgIpc) is 3.88. The van der Waals surface area contributed by atoms with E-state index in [1.54, 1.807) is 0 Å². The van der Waals surface area contributed by atoms with Gasteiger partial charge < -0.3 is 14.0 Å². The Labute approximate surface area is 410 Å². The Bertz CT molecular complexity index is 3280. The number of para-hydroxylation sites is 2. The third-order valence-electron chi connectivity index (χ3n) is 12.3. The number of imidazole rings is 1. The molecule has 0 unspecified atom stereocenters. The summed E-state index contributed by atoms with van der Waals surface area (Å²) in [5.41, 5.74) is 16.8. The first kappa shape index (κ1) is 47.3. The fraction of sp³-hybridized carbons (Fsp3) is 0.217. The first-order valence-electron chi connectivity index (χ1n) is 23.1. The summed E-state index contributed by atoms with van der Waals surface area (Å²) < 4.78 is 8.98. The zero-order chi connectivity index (χ0) is 46.3. The second-order valence-electron chi connectivity index (χ2n) is 20.0. The Kier molecular flexibility index (Phi) is 13.5. The Morgan fingerprint density at radius 3 is 1.99 bits per heavy atom. The number of rotatable bonds is 8. The molecule has 0 aliphatic rings. The third kappa shape index (κ3) is 9.65. The third-order valence-corrected chi connectivity index (χ3v) is 14.4. The summed E-state index contributed by atoms with van der Waals surface area (Å²) in [6.45, 7) is 22.7. The van der Waals surface area contributed by atoms with Gasteiger partial charge in [0.2, 0.25) is 0 Å². The van der Waals surface area contributed by atoms with Crippen LogP contribution >= 0.6 is 0 Å². The topological polar surface area (TPSA) is 56.7 Å². The predicted molar refractivity (Wildman–Crippen MR) is 279 cm³/mol. The minimum absolute atomic E-state index is 0. The zero-order valence-electron chi connectivity index (χ0n) is 40.2. The summed E-state index contributed by atoms with van der Waals surface area (Å²) in [5, 5.41) is 3.54. The van der Waals surface area contributed by atoms with Crippen molar-refractivity contribution in [2.45, 2.75) is 79.9 Å². The second-order valence-corrected chi connectivity index (χ2v) is 25.0. The number of furan rings is 1. The molecule has 10 aromatic rings. The van der Waals surface area contributed by atoms with Crippen molar-refractivity contribution in [1.82, 2.24) is 19.5 Å². The number of pyridine rings is 2. The van der Waals surface area contributed by atoms with Crippen molar-refractivity contribution in [3.63, 3.8) is 0 Å². The van der Waals surface area contributed by atoms with E-state index in [1.165, 1.54) is 16.3 Å². The van der Waals surface area contributed by atoms with Crippen LogP contribution in [0.25, 0.3) is 83.6 Å². The van der Waals surface area contributed by atoms with Gasteiger partial charge in [0.05, 0.1) is 36.2 Å². The van der Waals surface area contributed by atoms with Gasteiger partial charge in [-0.1, -0.05) is 157 Å². The first-order chi connectivity index (χ1) is 31.7. The normalized spacial score (nSPS) is 11.8. The molecule has 10 rings (SSSR count). The monoisotopic (exact) mass is 1070 g/mol. The SMILES string of the molecule is CC(C)Cc1cc(-c2[c-]cccc2)ncc1[Si](C)(C)C.Cc1cc2oc3c(-c4nc5ccccc5n4-c4c(-c5ccccc5)cc(C(C)(C)C)cc4-c4ccccc4)[c-]cc(C)c3c2cn1.[Ir]. The quantitative estimate of drug-likeness (QED) is 0.112. The molecule has 0 amide bonds. The molecule has 67 heavy (non-hydrogen) atoms. The fourth-order valence-corrected chi connectivity index (χ4v) is 10.6. The number of hydrogen-bond acceptors (Lipinski definition) is 4. The molecule has 6 aromatic carbocycles. The number of fused-ring (bicyclic) bond motifs is 4. The van der Waals surface area contributed by atoms with Crippen LogP contribution in [0.5, 0.6) is 0 Å². The molecule has 0 saturated carbocycles. The molecule has 0 N–H and O–H groups in total. The van der Waals surface area contributed by atoms with Gasteiger partial charge in [-0.25, -0.2) is 0 Å². The van der Waals surface area contributed by atoms with Crippen molar-refractivity contribution in [2.24, 2.45) is 5.92 Å². The molecule has 0 saturated heterocycles. The zero-order valence-corrected chi connectivity index (χ0v) is 43.6. The molecule has 5 nitrogen and oxygen atoms in total. The van der Waals surface area contributed by atoms with Gasteiger partial charge >= 0.3 is 0 Å². The maximum absolute atomic E-state index is 6.66. The predicted octanol–water partition coefficient (Wildman–Crippen LogP) is 15.3. The number of nitrogens with zero attached hydrogens (tertiary/aromatic N) is 4. The largest absolute Gasteiger partial charge is 0.500 e. The summed E-state index contributed by atoms with van der Waals surface area (Å²) in [6.07, 6.45) is 5.16. The molecule has 339 valence electrons. The smallest absolute Gasteiger partial charge is 0.124 e. The Morgan fingerprint density at radius 1 is 0.731 bits per heavy atom. The van der Waals surface area contributed by atoms with Gasteiger partial charge in [0.1, 0.15) is 5.58 Å². The van der Waals surface area contributed by atoms with Crippen LogP contribution in [-0.2, 0) is 31.9 Å². The van der Waals surface area contributed by atoms with Crippen LogP contribution in [0.1, 0.15) is 57.0 Å². The number of hydrogen-bond donors (Lipinski definition) is 0. The molecule has 0 fully saturated rings. The van der Waals surface area contributed by atoms with Crippen LogP contribution in [-0.4, -0.2) is 27.6 Å². The van der Waals surface area contributed by atoms with Crippen LogP contribution in [0.3, 0.4) is 0 Å². The fourth-order valence-electron chi connectivity index (χ4n) is 9.03. The minimum atomic E-state index is -1.34. The first-order valence-corrected chi connectivity index (χ1v) is 26.6. The van der Waals surface area contributed by atoms with Crippen molar-refractivity contribution in [3.05, 3.63) is 186 Å². The van der Waals surface area contributed by atoms with Gasteiger partial charge in [0, 0.05) is 60.8 Å². The van der Waals surface area contributed by atoms with Crippen LogP contribution < -0.4 is 5.19 Å². The van der Waals surface area contributed by atoms with Crippen molar-refractivity contribution in [3.8, 4) is 50.6 Å². The molecular formula is C60H58IrN4OSi-2. The number of benzene rings is 6. The van der Waals surface area contributed by atoms with E-state index in [0.717, 1.165) is 101 Å². The Morgan fingerprint density at radius 2 is 1.37 bits per heavy atom. The molecule has 0 atom stereocenters. The van der Waals surface area contributed by atoms with Crippen LogP contribution in [0, 0.1) is 31.9 Å². The van der Waals surface area contributed by atoms with Gasteiger partial charge in [-0.2, -0.15) is 0 Å². The number of aromatic nitrogens is 4.